The number of nitro groups is 1. The molecule has 2 heterocycles. The molecule has 4 aromatic rings. The SMILES string of the molecule is COC(=O)c1cc(Nc2ncnc(Nc3cccc4ccc(C)nc34)c2[N+](=O)[O-])cc(C(=O)OC)c1. The van der Waals surface area contributed by atoms with Crippen LogP contribution in [-0.4, -0.2) is 46.0 Å². The van der Waals surface area contributed by atoms with Gasteiger partial charge in [-0.3, -0.25) is 15.1 Å². The van der Waals surface area contributed by atoms with E-state index in [9.17, 15) is 19.7 Å². The van der Waals surface area contributed by atoms with Gasteiger partial charge in [0.2, 0.25) is 11.6 Å². The van der Waals surface area contributed by atoms with E-state index < -0.39 is 22.5 Å². The molecule has 12 nitrogen and oxygen atoms in total. The molecule has 0 atom stereocenters. The molecule has 2 aromatic heterocycles. The van der Waals surface area contributed by atoms with E-state index in [0.717, 1.165) is 17.4 Å². The zero-order valence-corrected chi connectivity index (χ0v) is 19.4. The Kier molecular flexibility index (Phi) is 6.68. The molecule has 0 saturated heterocycles. The molecule has 12 heteroatoms. The quantitative estimate of drug-likeness (QED) is 0.217. The molecule has 0 fully saturated rings. The van der Waals surface area contributed by atoms with Gasteiger partial charge in [-0.1, -0.05) is 18.2 Å². The summed E-state index contributed by atoms with van der Waals surface area (Å²) in [6, 6.07) is 13.2. The number of nitrogens with zero attached hydrogens (tertiary/aromatic N) is 4. The average Bonchev–Trinajstić information content (AvgIpc) is 2.87. The molecule has 0 radical (unpaired) electrons. The number of pyridine rings is 1. The standard InChI is InChI=1S/C24H20N6O6/c1-13-7-8-14-5-4-6-18(19(14)27-13)29-22-20(30(33)34)21(25-12-26-22)28-17-10-15(23(31)35-2)9-16(11-17)24(32)36-3/h4-12H,1-3H3,(H2,25,26,28,29). The average molecular weight is 488 g/mol. The Morgan fingerprint density at radius 2 is 1.56 bits per heavy atom. The van der Waals surface area contributed by atoms with Gasteiger partial charge in [-0.15, -0.1) is 0 Å². The number of carbonyl (C=O) groups is 2. The molecule has 0 bridgehead atoms. The van der Waals surface area contributed by atoms with Gasteiger partial charge in [-0.2, -0.15) is 0 Å². The second-order valence-electron chi connectivity index (χ2n) is 7.54. The number of ether oxygens (including phenoxy) is 2. The first-order chi connectivity index (χ1) is 17.3. The second kappa shape index (κ2) is 10.0. The number of benzene rings is 2. The van der Waals surface area contributed by atoms with E-state index in [0.29, 0.717) is 11.2 Å². The summed E-state index contributed by atoms with van der Waals surface area (Å²) in [5, 5.41) is 18.7. The van der Waals surface area contributed by atoms with Crippen LogP contribution < -0.4 is 10.6 Å². The van der Waals surface area contributed by atoms with E-state index in [1.807, 2.05) is 25.1 Å². The molecule has 0 aliphatic carbocycles. The minimum Gasteiger partial charge on any atom is -0.465 e. The number of aromatic nitrogens is 3. The predicted molar refractivity (Wildman–Crippen MR) is 131 cm³/mol. The van der Waals surface area contributed by atoms with Crippen LogP contribution in [0.4, 0.5) is 28.7 Å². The Labute approximate surface area is 204 Å². The Bertz CT molecular complexity index is 1470. The Morgan fingerprint density at radius 3 is 2.17 bits per heavy atom. The molecule has 36 heavy (non-hydrogen) atoms. The largest absolute Gasteiger partial charge is 0.465 e. The number of fused-ring (bicyclic) bond motifs is 1. The van der Waals surface area contributed by atoms with E-state index in [2.05, 4.69) is 25.6 Å². The molecule has 0 unspecified atom stereocenters. The van der Waals surface area contributed by atoms with Crippen molar-refractivity contribution in [3.63, 3.8) is 0 Å². The summed E-state index contributed by atoms with van der Waals surface area (Å²) >= 11 is 0. The summed E-state index contributed by atoms with van der Waals surface area (Å²) in [7, 11) is 2.38. The van der Waals surface area contributed by atoms with Gasteiger partial charge >= 0.3 is 17.6 Å². The first kappa shape index (κ1) is 24.0. The van der Waals surface area contributed by atoms with E-state index in [-0.39, 0.29) is 28.5 Å². The van der Waals surface area contributed by atoms with Gasteiger partial charge < -0.3 is 20.1 Å². The molecule has 2 N–H and O–H groups in total. The molecule has 0 spiro atoms. The van der Waals surface area contributed by atoms with Gasteiger partial charge in [0, 0.05) is 16.8 Å². The van der Waals surface area contributed by atoms with Crippen LogP contribution in [0.2, 0.25) is 0 Å². The van der Waals surface area contributed by atoms with Crippen molar-refractivity contribution in [2.75, 3.05) is 24.9 Å². The van der Waals surface area contributed by atoms with Crippen molar-refractivity contribution in [1.82, 2.24) is 15.0 Å². The number of aryl methyl sites for hydroxylation is 1. The minimum atomic E-state index is -0.706. The molecule has 0 aliphatic heterocycles. The van der Waals surface area contributed by atoms with Crippen LogP contribution in [0.15, 0.2) is 54.9 Å². The van der Waals surface area contributed by atoms with Crippen LogP contribution in [0.5, 0.6) is 0 Å². The normalized spacial score (nSPS) is 10.5. The first-order valence-corrected chi connectivity index (χ1v) is 10.5. The lowest BCUT2D eigenvalue weighted by molar-refractivity contribution is -0.383. The molecule has 2 aromatic carbocycles. The number of nitrogens with one attached hydrogen (secondary N) is 2. The summed E-state index contributed by atoms with van der Waals surface area (Å²) in [4.78, 5) is 48.2. The van der Waals surface area contributed by atoms with Crippen molar-refractivity contribution >= 4 is 51.5 Å². The third-order valence-electron chi connectivity index (χ3n) is 5.16. The number of rotatable bonds is 7. The first-order valence-electron chi connectivity index (χ1n) is 10.5. The van der Waals surface area contributed by atoms with Gasteiger partial charge in [0.25, 0.3) is 0 Å². The molecule has 182 valence electrons. The summed E-state index contributed by atoms with van der Waals surface area (Å²) in [5.41, 5.74) is 1.71. The lowest BCUT2D eigenvalue weighted by Crippen LogP contribution is -2.09. The number of anilines is 4. The van der Waals surface area contributed by atoms with Crippen molar-refractivity contribution in [2.24, 2.45) is 0 Å². The summed E-state index contributed by atoms with van der Waals surface area (Å²) < 4.78 is 9.46. The summed E-state index contributed by atoms with van der Waals surface area (Å²) in [6.07, 6.45) is 1.15. The van der Waals surface area contributed by atoms with Crippen molar-refractivity contribution in [2.45, 2.75) is 6.92 Å². The maximum Gasteiger partial charge on any atom is 0.353 e. The summed E-state index contributed by atoms with van der Waals surface area (Å²) in [6.45, 7) is 1.84. The fraction of sp³-hybridized carbons (Fsp3) is 0.125. The Hall–Kier alpha value is -5.13. The van der Waals surface area contributed by atoms with E-state index in [1.165, 1.54) is 32.4 Å². The van der Waals surface area contributed by atoms with Crippen LogP contribution in [0.1, 0.15) is 26.4 Å². The van der Waals surface area contributed by atoms with Crippen molar-refractivity contribution in [1.29, 1.82) is 0 Å². The molecular formula is C24H20N6O6. The van der Waals surface area contributed by atoms with Gasteiger partial charge in [0.15, 0.2) is 0 Å². The molecule has 0 amide bonds. The van der Waals surface area contributed by atoms with Crippen LogP contribution in [-0.2, 0) is 9.47 Å². The van der Waals surface area contributed by atoms with E-state index >= 15 is 0 Å². The third-order valence-corrected chi connectivity index (χ3v) is 5.16. The topological polar surface area (TPSA) is 158 Å². The van der Waals surface area contributed by atoms with Crippen LogP contribution in [0, 0.1) is 17.0 Å². The number of esters is 2. The highest BCUT2D eigenvalue weighted by atomic mass is 16.6. The van der Waals surface area contributed by atoms with Gasteiger partial charge in [-0.05, 0) is 37.3 Å². The minimum absolute atomic E-state index is 0.0372. The fourth-order valence-electron chi connectivity index (χ4n) is 3.52. The Balaban J connectivity index is 1.77. The molecular weight excluding hydrogens is 468 g/mol. The number of hydrogen-bond donors (Lipinski definition) is 2. The smallest absolute Gasteiger partial charge is 0.353 e. The maximum absolute atomic E-state index is 12.1. The number of para-hydroxylation sites is 1. The lowest BCUT2D eigenvalue weighted by atomic mass is 10.1. The lowest BCUT2D eigenvalue weighted by Gasteiger charge is -2.13. The van der Waals surface area contributed by atoms with E-state index in [1.54, 1.807) is 12.1 Å². The second-order valence-corrected chi connectivity index (χ2v) is 7.54. The molecule has 0 aliphatic rings. The summed E-state index contributed by atoms with van der Waals surface area (Å²) in [5.74, 6) is -1.66. The van der Waals surface area contributed by atoms with Crippen LogP contribution in [0.25, 0.3) is 10.9 Å². The highest BCUT2D eigenvalue weighted by molar-refractivity contribution is 5.97. The monoisotopic (exact) mass is 488 g/mol. The van der Waals surface area contributed by atoms with Crippen LogP contribution >= 0.6 is 0 Å². The maximum atomic E-state index is 12.1. The van der Waals surface area contributed by atoms with Crippen molar-refractivity contribution in [3.05, 3.63) is 81.8 Å². The van der Waals surface area contributed by atoms with E-state index in [4.69, 9.17) is 9.47 Å². The zero-order valence-electron chi connectivity index (χ0n) is 19.4. The third kappa shape index (κ3) is 4.87. The van der Waals surface area contributed by atoms with Crippen molar-refractivity contribution in [3.8, 4) is 0 Å². The zero-order chi connectivity index (χ0) is 25.8. The highest BCUT2D eigenvalue weighted by Crippen LogP contribution is 2.35. The van der Waals surface area contributed by atoms with Gasteiger partial charge in [-0.25, -0.2) is 19.6 Å². The number of hydrogen-bond acceptors (Lipinski definition) is 11. The van der Waals surface area contributed by atoms with Crippen molar-refractivity contribution < 1.29 is 24.0 Å². The number of methoxy groups -OCH3 is 2. The molecule has 4 rings (SSSR count). The van der Waals surface area contributed by atoms with Gasteiger partial charge in [0.05, 0.1) is 41.5 Å². The predicted octanol–water partition coefficient (Wildman–Crippen LogP) is 4.30. The van der Waals surface area contributed by atoms with Crippen LogP contribution in [0.3, 0.4) is 0 Å². The Morgan fingerprint density at radius 1 is 0.917 bits per heavy atom. The number of carbonyl (C=O) groups excluding carboxylic acids is 2. The van der Waals surface area contributed by atoms with Gasteiger partial charge in [0.1, 0.15) is 6.33 Å². The molecule has 0 saturated carbocycles. The highest BCUT2D eigenvalue weighted by Gasteiger charge is 2.25. The fourth-order valence-corrected chi connectivity index (χ4v) is 3.52.